The van der Waals surface area contributed by atoms with Crippen LogP contribution >= 0.6 is 0 Å². The third kappa shape index (κ3) is 9.01. The van der Waals surface area contributed by atoms with Crippen molar-refractivity contribution in [1.82, 2.24) is 10.2 Å². The number of nitrogens with zero attached hydrogens (tertiary/aromatic N) is 2. The summed E-state index contributed by atoms with van der Waals surface area (Å²) in [5, 5.41) is 3.02. The Morgan fingerprint density at radius 2 is 1.42 bits per heavy atom. The third-order valence-corrected chi connectivity index (χ3v) is 9.00. The van der Waals surface area contributed by atoms with Gasteiger partial charge in [-0.2, -0.15) is 0 Å². The lowest BCUT2D eigenvalue weighted by atomic mass is 10.0. The van der Waals surface area contributed by atoms with E-state index in [0.29, 0.717) is 0 Å². The lowest BCUT2D eigenvalue weighted by Crippen LogP contribution is -2.56. The van der Waals surface area contributed by atoms with Crippen molar-refractivity contribution >= 4 is 27.5 Å². The minimum atomic E-state index is -4.26. The fraction of sp³-hybridized carbons (Fsp3) is 0.278. The molecule has 4 aromatic carbocycles. The first-order valence-electron chi connectivity index (χ1n) is 14.8. The van der Waals surface area contributed by atoms with E-state index in [2.05, 4.69) is 5.32 Å². The van der Waals surface area contributed by atoms with Gasteiger partial charge >= 0.3 is 0 Å². The van der Waals surface area contributed by atoms with Crippen molar-refractivity contribution in [3.05, 3.63) is 131 Å². The summed E-state index contributed by atoms with van der Waals surface area (Å²) < 4.78 is 43.0. The second-order valence-electron chi connectivity index (χ2n) is 12.3. The Morgan fingerprint density at radius 3 is 2.02 bits per heavy atom. The Labute approximate surface area is 265 Å². The van der Waals surface area contributed by atoms with Crippen LogP contribution in [0, 0.1) is 19.7 Å². The molecule has 0 unspecified atom stereocenters. The van der Waals surface area contributed by atoms with E-state index in [9.17, 15) is 22.4 Å². The summed E-state index contributed by atoms with van der Waals surface area (Å²) in [4.78, 5) is 29.9. The molecule has 9 heteroatoms. The molecule has 4 rings (SSSR count). The molecule has 0 spiro atoms. The number of anilines is 1. The second-order valence-corrected chi connectivity index (χ2v) is 14.1. The zero-order chi connectivity index (χ0) is 32.8. The Bertz CT molecular complexity index is 1720. The van der Waals surface area contributed by atoms with Gasteiger partial charge in [0, 0.05) is 18.5 Å². The minimum absolute atomic E-state index is 0.0122. The summed E-state index contributed by atoms with van der Waals surface area (Å²) in [6, 6.07) is 27.3. The van der Waals surface area contributed by atoms with E-state index in [1.807, 2.05) is 89.2 Å². The first-order chi connectivity index (χ1) is 21.2. The molecule has 0 saturated carbocycles. The quantitative estimate of drug-likeness (QED) is 0.214. The highest BCUT2D eigenvalue weighted by Gasteiger charge is 2.35. The normalized spacial score (nSPS) is 12.3. The lowest BCUT2D eigenvalue weighted by Gasteiger charge is -2.35. The fourth-order valence-electron chi connectivity index (χ4n) is 4.99. The molecule has 7 nitrogen and oxygen atoms in total. The fourth-order valence-corrected chi connectivity index (χ4v) is 6.40. The van der Waals surface area contributed by atoms with Crippen molar-refractivity contribution in [1.29, 1.82) is 0 Å². The van der Waals surface area contributed by atoms with E-state index in [1.165, 1.54) is 29.2 Å². The first kappa shape index (κ1) is 33.4. The van der Waals surface area contributed by atoms with Crippen molar-refractivity contribution in [3.63, 3.8) is 0 Å². The highest BCUT2D eigenvalue weighted by Crippen LogP contribution is 2.26. The monoisotopic (exact) mass is 629 g/mol. The average molecular weight is 630 g/mol. The van der Waals surface area contributed by atoms with Crippen molar-refractivity contribution in [2.75, 3.05) is 10.8 Å². The largest absolute Gasteiger partial charge is 0.350 e. The molecule has 0 radical (unpaired) electrons. The summed E-state index contributed by atoms with van der Waals surface area (Å²) >= 11 is 0. The number of carbonyl (C=O) groups is 2. The van der Waals surface area contributed by atoms with Gasteiger partial charge in [0.05, 0.1) is 10.6 Å². The van der Waals surface area contributed by atoms with Gasteiger partial charge in [-0.25, -0.2) is 12.8 Å². The third-order valence-electron chi connectivity index (χ3n) is 7.21. The molecule has 4 aromatic rings. The van der Waals surface area contributed by atoms with Crippen molar-refractivity contribution in [2.24, 2.45) is 0 Å². The van der Waals surface area contributed by atoms with Gasteiger partial charge in [0.15, 0.2) is 0 Å². The molecule has 0 heterocycles. The van der Waals surface area contributed by atoms with Crippen LogP contribution in [0.5, 0.6) is 0 Å². The molecule has 0 aliphatic rings. The number of halogens is 1. The molecule has 0 saturated heterocycles. The maximum Gasteiger partial charge on any atom is 0.264 e. The molecule has 0 aliphatic heterocycles. The summed E-state index contributed by atoms with van der Waals surface area (Å²) in [7, 11) is -4.26. The van der Waals surface area contributed by atoms with Gasteiger partial charge in [0.1, 0.15) is 18.4 Å². The number of hydrogen-bond acceptors (Lipinski definition) is 4. The maximum atomic E-state index is 14.5. The number of nitrogens with one attached hydrogen (secondary N) is 1. The van der Waals surface area contributed by atoms with Gasteiger partial charge in [-0.3, -0.25) is 13.9 Å². The number of rotatable bonds is 11. The summed E-state index contributed by atoms with van der Waals surface area (Å²) in [6.45, 7) is 8.83. The first-order valence-corrected chi connectivity index (χ1v) is 16.2. The van der Waals surface area contributed by atoms with Gasteiger partial charge in [0.2, 0.25) is 11.8 Å². The lowest BCUT2D eigenvalue weighted by molar-refractivity contribution is -0.140. The van der Waals surface area contributed by atoms with E-state index in [-0.39, 0.29) is 29.5 Å². The van der Waals surface area contributed by atoms with Gasteiger partial charge in [-0.1, -0.05) is 77.9 Å². The number of amides is 2. The van der Waals surface area contributed by atoms with E-state index in [1.54, 1.807) is 12.1 Å². The zero-order valence-corrected chi connectivity index (χ0v) is 27.1. The minimum Gasteiger partial charge on any atom is -0.350 e. The van der Waals surface area contributed by atoms with E-state index < -0.39 is 39.9 Å². The van der Waals surface area contributed by atoms with Crippen LogP contribution < -0.4 is 9.62 Å². The van der Waals surface area contributed by atoms with Crippen molar-refractivity contribution in [3.8, 4) is 0 Å². The molecular formula is C36H40FN3O4S. The zero-order valence-electron chi connectivity index (χ0n) is 26.3. The van der Waals surface area contributed by atoms with Crippen LogP contribution in [0.2, 0.25) is 0 Å². The Balaban J connectivity index is 1.81. The number of sulfonamides is 1. The average Bonchev–Trinajstić information content (AvgIpc) is 2.98. The van der Waals surface area contributed by atoms with E-state index in [4.69, 9.17) is 0 Å². The van der Waals surface area contributed by atoms with Crippen LogP contribution in [0.3, 0.4) is 0 Å². The predicted octanol–water partition coefficient (Wildman–Crippen LogP) is 6.19. The summed E-state index contributed by atoms with van der Waals surface area (Å²) in [5.41, 5.74) is 3.03. The molecular weight excluding hydrogens is 589 g/mol. The van der Waals surface area contributed by atoms with Crippen LogP contribution in [-0.4, -0.2) is 43.3 Å². The van der Waals surface area contributed by atoms with Crippen molar-refractivity contribution in [2.45, 2.75) is 64.1 Å². The maximum absolute atomic E-state index is 14.5. The highest BCUT2D eigenvalue weighted by atomic mass is 32.2. The summed E-state index contributed by atoms with van der Waals surface area (Å²) in [5.74, 6) is -1.48. The number of benzene rings is 4. The van der Waals surface area contributed by atoms with E-state index in [0.717, 1.165) is 38.7 Å². The molecule has 236 valence electrons. The van der Waals surface area contributed by atoms with E-state index >= 15 is 0 Å². The van der Waals surface area contributed by atoms with Gasteiger partial charge in [0.25, 0.3) is 10.0 Å². The summed E-state index contributed by atoms with van der Waals surface area (Å²) in [6.07, 6.45) is 0.210. The van der Waals surface area contributed by atoms with Crippen LogP contribution in [0.1, 0.15) is 43.0 Å². The van der Waals surface area contributed by atoms with Crippen LogP contribution in [-0.2, 0) is 32.6 Å². The van der Waals surface area contributed by atoms with Crippen LogP contribution in [0.15, 0.2) is 108 Å². The molecule has 0 aromatic heterocycles. The number of hydrogen-bond donors (Lipinski definition) is 1. The smallest absolute Gasteiger partial charge is 0.264 e. The van der Waals surface area contributed by atoms with Crippen LogP contribution in [0.25, 0.3) is 0 Å². The Kier molecular flexibility index (Phi) is 10.4. The highest BCUT2D eigenvalue weighted by molar-refractivity contribution is 7.92. The number of aryl methyl sites for hydroxylation is 2. The predicted molar refractivity (Wildman–Crippen MR) is 176 cm³/mol. The van der Waals surface area contributed by atoms with Crippen molar-refractivity contribution < 1.29 is 22.4 Å². The topological polar surface area (TPSA) is 86.8 Å². The molecule has 0 fully saturated rings. The van der Waals surface area contributed by atoms with Gasteiger partial charge < -0.3 is 10.2 Å². The SMILES string of the molecule is Cc1ccc(S(=O)(=O)N(CC(=O)N(Cc2cccc(C)c2)[C@H](Cc2ccccc2)C(=O)NC(C)(C)C)c2ccc(F)cc2)cc1. The molecule has 1 atom stereocenters. The molecule has 2 amide bonds. The second kappa shape index (κ2) is 14.1. The Morgan fingerprint density at radius 1 is 0.800 bits per heavy atom. The Hall–Kier alpha value is -4.50. The molecule has 1 N–H and O–H groups in total. The molecule has 0 bridgehead atoms. The van der Waals surface area contributed by atoms with Gasteiger partial charge in [-0.05, 0) is 82.1 Å². The van der Waals surface area contributed by atoms with Gasteiger partial charge in [-0.15, -0.1) is 0 Å². The van der Waals surface area contributed by atoms with Crippen LogP contribution in [0.4, 0.5) is 10.1 Å². The molecule has 45 heavy (non-hydrogen) atoms. The standard InChI is InChI=1S/C36H40FN3O4S/c1-26-14-20-32(21-15-26)45(43,44)40(31-18-16-30(37)17-19-31)25-34(41)39(24-29-13-9-10-27(2)22-29)33(35(42)38-36(3,4)5)23-28-11-7-6-8-12-28/h6-22,33H,23-25H2,1-5H3,(H,38,42)/t33-/m1/s1. The molecule has 0 aliphatic carbocycles. The number of carbonyl (C=O) groups excluding carboxylic acids is 2.